The van der Waals surface area contributed by atoms with E-state index in [0.29, 0.717) is 13.2 Å². The van der Waals surface area contributed by atoms with Gasteiger partial charge in [-0.05, 0) is 19.4 Å². The number of para-hydroxylation sites is 1. The van der Waals surface area contributed by atoms with Crippen LogP contribution < -0.4 is 15.4 Å². The summed E-state index contributed by atoms with van der Waals surface area (Å²) in [5.41, 5.74) is 2.21. The normalized spacial score (nSPS) is 17.0. The highest BCUT2D eigenvalue weighted by Gasteiger charge is 2.29. The molecule has 1 aliphatic rings. The molecule has 0 saturated heterocycles. The maximum Gasteiger partial charge on any atom is 0.315 e. The first-order chi connectivity index (χ1) is 11.7. The predicted octanol–water partition coefficient (Wildman–Crippen LogP) is 3.11. The lowest BCUT2D eigenvalue weighted by Gasteiger charge is -2.20. The van der Waals surface area contributed by atoms with Gasteiger partial charge in [0, 0.05) is 35.9 Å². The van der Waals surface area contributed by atoms with Crippen molar-refractivity contribution in [2.24, 2.45) is 0 Å². The summed E-state index contributed by atoms with van der Waals surface area (Å²) >= 11 is 1.68. The molecule has 2 amide bonds. The van der Waals surface area contributed by atoms with Gasteiger partial charge in [-0.3, -0.25) is 0 Å². The number of aromatic nitrogens is 1. The quantitative estimate of drug-likeness (QED) is 0.845. The Labute approximate surface area is 146 Å². The minimum Gasteiger partial charge on any atom is -0.493 e. The Morgan fingerprint density at radius 1 is 1.46 bits per heavy atom. The van der Waals surface area contributed by atoms with E-state index in [-0.39, 0.29) is 18.0 Å². The number of carbonyl (C=O) groups excluding carboxylic acids is 1. The Hall–Kier alpha value is -2.08. The van der Waals surface area contributed by atoms with E-state index in [1.807, 2.05) is 25.1 Å². The summed E-state index contributed by atoms with van der Waals surface area (Å²) < 4.78 is 5.69. The number of nitrogens with one attached hydrogen (secondary N) is 2. The number of aryl methyl sites for hydroxylation is 1. The monoisotopic (exact) mass is 345 g/mol. The number of benzene rings is 1. The first-order valence-electron chi connectivity index (χ1n) is 8.36. The first-order valence-corrected chi connectivity index (χ1v) is 9.24. The molecule has 0 fully saturated rings. The van der Waals surface area contributed by atoms with Gasteiger partial charge in [0.1, 0.15) is 5.75 Å². The Balaban J connectivity index is 1.45. The fourth-order valence-electron chi connectivity index (χ4n) is 2.89. The third kappa shape index (κ3) is 3.87. The van der Waals surface area contributed by atoms with E-state index in [0.717, 1.165) is 29.3 Å². The van der Waals surface area contributed by atoms with Crippen LogP contribution in [0.25, 0.3) is 0 Å². The molecule has 5 nitrogen and oxygen atoms in total. The fourth-order valence-corrected chi connectivity index (χ4v) is 3.67. The number of amides is 2. The van der Waals surface area contributed by atoms with E-state index in [1.54, 1.807) is 11.3 Å². The van der Waals surface area contributed by atoms with Crippen molar-refractivity contribution in [3.8, 4) is 5.75 Å². The molecule has 1 aromatic heterocycles. The molecule has 0 spiro atoms. The number of carbonyl (C=O) groups is 1. The third-order valence-corrected chi connectivity index (χ3v) is 5.31. The van der Waals surface area contributed by atoms with Crippen molar-refractivity contribution < 1.29 is 9.53 Å². The Morgan fingerprint density at radius 3 is 3.08 bits per heavy atom. The Morgan fingerprint density at radius 2 is 2.29 bits per heavy atom. The van der Waals surface area contributed by atoms with Crippen molar-refractivity contribution in [2.45, 2.75) is 38.6 Å². The molecule has 128 valence electrons. The summed E-state index contributed by atoms with van der Waals surface area (Å²) in [5, 5.41) is 9.13. The minimum atomic E-state index is -0.141. The zero-order valence-electron chi connectivity index (χ0n) is 14.0. The largest absolute Gasteiger partial charge is 0.493 e. The van der Waals surface area contributed by atoms with Gasteiger partial charge in [-0.15, -0.1) is 11.3 Å². The Bertz CT molecular complexity index is 701. The van der Waals surface area contributed by atoms with Crippen LogP contribution in [0, 0.1) is 0 Å². The van der Waals surface area contributed by atoms with Crippen LogP contribution in [0.2, 0.25) is 0 Å². The van der Waals surface area contributed by atoms with Crippen LogP contribution in [-0.4, -0.2) is 30.2 Å². The van der Waals surface area contributed by atoms with E-state index in [4.69, 9.17) is 4.74 Å². The van der Waals surface area contributed by atoms with Crippen LogP contribution in [0.3, 0.4) is 0 Å². The number of fused-ring (bicyclic) bond motifs is 1. The van der Waals surface area contributed by atoms with Crippen molar-refractivity contribution in [1.82, 2.24) is 15.6 Å². The summed E-state index contributed by atoms with van der Waals surface area (Å²) in [6.07, 6.45) is 1.72. The van der Waals surface area contributed by atoms with E-state index in [1.165, 1.54) is 5.56 Å². The highest BCUT2D eigenvalue weighted by atomic mass is 32.1. The minimum absolute atomic E-state index is 0.0135. The molecule has 0 radical (unpaired) electrons. The zero-order chi connectivity index (χ0) is 16.9. The standard InChI is InChI=1S/C18H23N3O2S/c1-3-17-21-13(11-24-17)8-9-19-18(22)20-12(2)15-10-23-16-7-5-4-6-14(15)16/h4-7,11-12,15H,3,8-10H2,1-2H3,(H2,19,20,22)/t12-,15+/m0/s1. The molecule has 2 heterocycles. The molecule has 1 aliphatic heterocycles. The summed E-state index contributed by atoms with van der Waals surface area (Å²) in [4.78, 5) is 16.6. The number of nitrogens with zero attached hydrogens (tertiary/aromatic N) is 1. The lowest BCUT2D eigenvalue weighted by molar-refractivity contribution is 0.233. The smallest absolute Gasteiger partial charge is 0.315 e. The van der Waals surface area contributed by atoms with Crippen LogP contribution in [0.4, 0.5) is 4.79 Å². The maximum atomic E-state index is 12.1. The highest BCUT2D eigenvalue weighted by Crippen LogP contribution is 2.35. The molecular weight excluding hydrogens is 322 g/mol. The summed E-state index contributed by atoms with van der Waals surface area (Å²) in [7, 11) is 0. The molecule has 2 N–H and O–H groups in total. The zero-order valence-corrected chi connectivity index (χ0v) is 14.9. The van der Waals surface area contributed by atoms with Gasteiger partial charge in [0.25, 0.3) is 0 Å². The number of urea groups is 1. The average Bonchev–Trinajstić information content (AvgIpc) is 3.21. The van der Waals surface area contributed by atoms with Gasteiger partial charge in [0.2, 0.25) is 0 Å². The molecule has 3 rings (SSSR count). The molecule has 1 aromatic carbocycles. The first kappa shape index (κ1) is 16.8. The van der Waals surface area contributed by atoms with Gasteiger partial charge in [-0.25, -0.2) is 9.78 Å². The molecule has 6 heteroatoms. The molecule has 0 saturated carbocycles. The number of rotatable bonds is 6. The van der Waals surface area contributed by atoms with Crippen molar-refractivity contribution >= 4 is 17.4 Å². The highest BCUT2D eigenvalue weighted by molar-refractivity contribution is 7.09. The van der Waals surface area contributed by atoms with Gasteiger partial charge < -0.3 is 15.4 Å². The van der Waals surface area contributed by atoms with E-state index in [2.05, 4.69) is 34.0 Å². The molecule has 0 aliphatic carbocycles. The summed E-state index contributed by atoms with van der Waals surface area (Å²) in [6.45, 7) is 5.31. The molecule has 0 bridgehead atoms. The van der Waals surface area contributed by atoms with Gasteiger partial charge in [0.15, 0.2) is 0 Å². The van der Waals surface area contributed by atoms with Gasteiger partial charge in [-0.2, -0.15) is 0 Å². The van der Waals surface area contributed by atoms with Gasteiger partial charge in [0.05, 0.1) is 17.3 Å². The second-order valence-corrected chi connectivity index (χ2v) is 6.92. The van der Waals surface area contributed by atoms with Crippen molar-refractivity contribution in [3.05, 3.63) is 45.9 Å². The predicted molar refractivity (Wildman–Crippen MR) is 95.9 cm³/mol. The van der Waals surface area contributed by atoms with E-state index >= 15 is 0 Å². The number of hydrogen-bond acceptors (Lipinski definition) is 4. The molecule has 2 atom stereocenters. The molecule has 24 heavy (non-hydrogen) atoms. The van der Waals surface area contributed by atoms with Crippen LogP contribution in [0.5, 0.6) is 5.75 Å². The lowest BCUT2D eigenvalue weighted by Crippen LogP contribution is -2.44. The third-order valence-electron chi connectivity index (χ3n) is 4.27. The van der Waals surface area contributed by atoms with Crippen LogP contribution >= 0.6 is 11.3 Å². The second-order valence-electron chi connectivity index (χ2n) is 5.98. The summed E-state index contributed by atoms with van der Waals surface area (Å²) in [6, 6.07) is 7.88. The van der Waals surface area contributed by atoms with Crippen molar-refractivity contribution in [1.29, 1.82) is 0 Å². The SMILES string of the molecule is CCc1nc(CCNC(=O)N[C@@H](C)[C@H]2COc3ccccc32)cs1. The number of thiazole rings is 1. The van der Waals surface area contributed by atoms with Crippen molar-refractivity contribution in [3.63, 3.8) is 0 Å². The van der Waals surface area contributed by atoms with Gasteiger partial charge in [-0.1, -0.05) is 25.1 Å². The molecule has 0 unspecified atom stereocenters. The van der Waals surface area contributed by atoms with Crippen LogP contribution in [-0.2, 0) is 12.8 Å². The lowest BCUT2D eigenvalue weighted by atomic mass is 9.94. The maximum absolute atomic E-state index is 12.1. The van der Waals surface area contributed by atoms with Gasteiger partial charge >= 0.3 is 6.03 Å². The van der Waals surface area contributed by atoms with E-state index < -0.39 is 0 Å². The Kier molecular flexibility index (Phi) is 5.35. The number of hydrogen-bond donors (Lipinski definition) is 2. The van der Waals surface area contributed by atoms with Crippen LogP contribution in [0.15, 0.2) is 29.6 Å². The number of ether oxygens (including phenoxy) is 1. The molecular formula is C18H23N3O2S. The molecule has 2 aromatic rings. The van der Waals surface area contributed by atoms with Crippen molar-refractivity contribution in [2.75, 3.05) is 13.2 Å². The topological polar surface area (TPSA) is 63.2 Å². The van der Waals surface area contributed by atoms with Crippen LogP contribution in [0.1, 0.15) is 36.0 Å². The second kappa shape index (κ2) is 7.66. The average molecular weight is 345 g/mol. The fraction of sp³-hybridized carbons (Fsp3) is 0.444. The van der Waals surface area contributed by atoms with E-state index in [9.17, 15) is 4.79 Å². The summed E-state index contributed by atoms with van der Waals surface area (Å²) in [5.74, 6) is 1.12.